The minimum atomic E-state index is -0.623. The number of aliphatic hydroxyl groups is 3. The SMILES string of the molecule is CC(/C=C/C(O)C/C=C/C(C)(C)/C=C(\C)C(=O)N[C@@H](C)CO)=C\[C@@H](C)[C@@H](O)/C(C)=C/C(C)C. The molecule has 4 atom stereocenters. The van der Waals surface area contributed by atoms with E-state index in [1.54, 1.807) is 19.9 Å². The molecule has 188 valence electrons. The van der Waals surface area contributed by atoms with Crippen LogP contribution in [0.3, 0.4) is 0 Å². The molecular weight excluding hydrogens is 414 g/mol. The van der Waals surface area contributed by atoms with E-state index in [1.807, 2.05) is 65.0 Å². The van der Waals surface area contributed by atoms with Gasteiger partial charge in [0.25, 0.3) is 0 Å². The van der Waals surface area contributed by atoms with Crippen molar-refractivity contribution in [3.63, 3.8) is 0 Å². The number of carbonyl (C=O) groups excluding carboxylic acids is 1. The number of carbonyl (C=O) groups is 1. The van der Waals surface area contributed by atoms with Crippen LogP contribution in [0.25, 0.3) is 0 Å². The minimum absolute atomic E-state index is 0.0184. The van der Waals surface area contributed by atoms with Crippen LogP contribution in [0.15, 0.2) is 59.3 Å². The van der Waals surface area contributed by atoms with E-state index in [2.05, 4.69) is 25.2 Å². The first-order valence-electron chi connectivity index (χ1n) is 11.9. The molecule has 0 spiro atoms. The van der Waals surface area contributed by atoms with Crippen LogP contribution in [0.2, 0.25) is 0 Å². The van der Waals surface area contributed by atoms with Gasteiger partial charge in [0.2, 0.25) is 5.91 Å². The molecule has 33 heavy (non-hydrogen) atoms. The third-order valence-electron chi connectivity index (χ3n) is 5.19. The van der Waals surface area contributed by atoms with Crippen molar-refractivity contribution in [2.75, 3.05) is 6.61 Å². The van der Waals surface area contributed by atoms with Crippen molar-refractivity contribution >= 4 is 5.91 Å². The molecule has 0 heterocycles. The lowest BCUT2D eigenvalue weighted by molar-refractivity contribution is -0.118. The van der Waals surface area contributed by atoms with Crippen LogP contribution in [-0.2, 0) is 4.79 Å². The van der Waals surface area contributed by atoms with E-state index in [1.165, 1.54) is 0 Å². The highest BCUT2D eigenvalue weighted by Gasteiger charge is 2.16. The van der Waals surface area contributed by atoms with Crippen LogP contribution in [0.4, 0.5) is 0 Å². The van der Waals surface area contributed by atoms with Gasteiger partial charge in [-0.05, 0) is 45.6 Å². The molecule has 1 unspecified atom stereocenters. The Morgan fingerprint density at radius 1 is 1.03 bits per heavy atom. The second kappa shape index (κ2) is 15.0. The summed E-state index contributed by atoms with van der Waals surface area (Å²) >= 11 is 0. The summed E-state index contributed by atoms with van der Waals surface area (Å²) < 4.78 is 0. The summed E-state index contributed by atoms with van der Waals surface area (Å²) in [4.78, 5) is 12.1. The largest absolute Gasteiger partial charge is 0.394 e. The van der Waals surface area contributed by atoms with Gasteiger partial charge in [-0.2, -0.15) is 0 Å². The van der Waals surface area contributed by atoms with Gasteiger partial charge in [0.15, 0.2) is 0 Å². The first kappa shape index (κ1) is 31.0. The summed E-state index contributed by atoms with van der Waals surface area (Å²) in [5, 5.41) is 32.6. The minimum Gasteiger partial charge on any atom is -0.394 e. The Morgan fingerprint density at radius 3 is 2.18 bits per heavy atom. The van der Waals surface area contributed by atoms with E-state index in [-0.39, 0.29) is 29.9 Å². The fraction of sp³-hybridized carbons (Fsp3) is 0.607. The van der Waals surface area contributed by atoms with Crippen molar-refractivity contribution < 1.29 is 20.1 Å². The molecule has 5 nitrogen and oxygen atoms in total. The maximum atomic E-state index is 12.1. The average molecular weight is 462 g/mol. The highest BCUT2D eigenvalue weighted by atomic mass is 16.3. The first-order chi connectivity index (χ1) is 15.2. The number of hydrogen-bond donors (Lipinski definition) is 4. The van der Waals surface area contributed by atoms with E-state index in [4.69, 9.17) is 5.11 Å². The lowest BCUT2D eigenvalue weighted by atomic mass is 9.89. The van der Waals surface area contributed by atoms with Gasteiger partial charge < -0.3 is 20.6 Å². The van der Waals surface area contributed by atoms with Gasteiger partial charge in [0.05, 0.1) is 18.8 Å². The molecule has 4 N–H and O–H groups in total. The second-order valence-electron chi connectivity index (χ2n) is 10.1. The van der Waals surface area contributed by atoms with Gasteiger partial charge in [0, 0.05) is 22.9 Å². The average Bonchev–Trinajstić information content (AvgIpc) is 2.70. The second-order valence-corrected chi connectivity index (χ2v) is 10.1. The third-order valence-corrected chi connectivity index (χ3v) is 5.19. The zero-order chi connectivity index (χ0) is 25.8. The molecule has 0 aliphatic rings. The fourth-order valence-electron chi connectivity index (χ4n) is 3.51. The topological polar surface area (TPSA) is 89.8 Å². The van der Waals surface area contributed by atoms with Gasteiger partial charge in [0.1, 0.15) is 0 Å². The molecule has 0 aliphatic carbocycles. The maximum absolute atomic E-state index is 12.1. The quantitative estimate of drug-likeness (QED) is 0.179. The Hall–Kier alpha value is -1.95. The van der Waals surface area contributed by atoms with Crippen molar-refractivity contribution in [2.45, 2.75) is 87.0 Å². The number of allylic oxidation sites excluding steroid dienone is 5. The predicted octanol–water partition coefficient (Wildman–Crippen LogP) is 4.86. The fourth-order valence-corrected chi connectivity index (χ4v) is 3.51. The monoisotopic (exact) mass is 461 g/mol. The van der Waals surface area contributed by atoms with E-state index >= 15 is 0 Å². The molecule has 1 amide bonds. The highest BCUT2D eigenvalue weighted by molar-refractivity contribution is 5.93. The summed E-state index contributed by atoms with van der Waals surface area (Å²) in [5.74, 6) is 0.184. The van der Waals surface area contributed by atoms with Crippen LogP contribution in [0.1, 0.15) is 68.7 Å². The van der Waals surface area contributed by atoms with Gasteiger partial charge in [-0.25, -0.2) is 0 Å². The molecule has 0 bridgehead atoms. The van der Waals surface area contributed by atoms with Crippen molar-refractivity contribution in [3.8, 4) is 0 Å². The maximum Gasteiger partial charge on any atom is 0.246 e. The molecule has 0 radical (unpaired) electrons. The van der Waals surface area contributed by atoms with Gasteiger partial charge in [-0.1, -0.05) is 82.7 Å². The molecule has 0 aromatic heterocycles. The molecule has 0 aliphatic heterocycles. The first-order valence-corrected chi connectivity index (χ1v) is 11.9. The Morgan fingerprint density at radius 2 is 1.64 bits per heavy atom. The normalized spacial score (nSPS) is 18.2. The Labute approximate surface area is 201 Å². The van der Waals surface area contributed by atoms with Gasteiger partial charge in [-0.15, -0.1) is 0 Å². The van der Waals surface area contributed by atoms with Gasteiger partial charge >= 0.3 is 0 Å². The Bertz CT molecular complexity index is 756. The van der Waals surface area contributed by atoms with Crippen LogP contribution >= 0.6 is 0 Å². The van der Waals surface area contributed by atoms with E-state index < -0.39 is 12.2 Å². The molecular formula is C28H47NO4. The number of aliphatic hydroxyl groups excluding tert-OH is 3. The third kappa shape index (κ3) is 14.0. The van der Waals surface area contributed by atoms with Crippen molar-refractivity contribution in [3.05, 3.63) is 59.3 Å². The summed E-state index contributed by atoms with van der Waals surface area (Å²) in [6, 6.07) is -0.286. The van der Waals surface area contributed by atoms with E-state index in [0.29, 0.717) is 17.9 Å². The molecule has 0 rings (SSSR count). The molecule has 0 saturated heterocycles. The van der Waals surface area contributed by atoms with Crippen LogP contribution < -0.4 is 5.32 Å². The van der Waals surface area contributed by atoms with Gasteiger partial charge in [-0.3, -0.25) is 4.79 Å². The van der Waals surface area contributed by atoms with Crippen molar-refractivity contribution in [2.24, 2.45) is 17.3 Å². The highest BCUT2D eigenvalue weighted by Crippen LogP contribution is 2.22. The molecule has 0 saturated carbocycles. The smallest absolute Gasteiger partial charge is 0.246 e. The van der Waals surface area contributed by atoms with Crippen molar-refractivity contribution in [1.29, 1.82) is 0 Å². The van der Waals surface area contributed by atoms with E-state index in [9.17, 15) is 15.0 Å². The lowest BCUT2D eigenvalue weighted by Crippen LogP contribution is -2.35. The van der Waals surface area contributed by atoms with E-state index in [0.717, 1.165) is 11.1 Å². The predicted molar refractivity (Wildman–Crippen MR) is 139 cm³/mol. The standard InChI is InChI=1S/C28H47NO4/c1-19(2)15-21(4)26(32)22(5)16-20(3)12-13-25(31)11-10-14-28(8,9)17-23(6)27(33)29-24(7)18-30/h10,12-17,19,22,24-26,30-32H,11,18H2,1-9H3,(H,29,33)/b13-12+,14-10+,20-16+,21-15+,23-17+/t22-,24+,25?,26+/m1/s1. The van der Waals surface area contributed by atoms with Crippen LogP contribution in [0, 0.1) is 17.3 Å². The summed E-state index contributed by atoms with van der Waals surface area (Å²) in [5.41, 5.74) is 2.20. The molecule has 0 fully saturated rings. The lowest BCUT2D eigenvalue weighted by Gasteiger charge is -2.18. The summed E-state index contributed by atoms with van der Waals surface area (Å²) in [6.45, 7) is 17.5. The zero-order valence-electron chi connectivity index (χ0n) is 22.1. The number of nitrogens with one attached hydrogen (secondary N) is 1. The molecule has 0 aromatic carbocycles. The number of hydrogen-bond acceptors (Lipinski definition) is 4. The van der Waals surface area contributed by atoms with Crippen molar-refractivity contribution in [1.82, 2.24) is 5.32 Å². The Balaban J connectivity index is 4.91. The molecule has 5 heteroatoms. The van der Waals surface area contributed by atoms with Crippen LogP contribution in [-0.4, -0.2) is 46.1 Å². The summed E-state index contributed by atoms with van der Waals surface area (Å²) in [6.07, 6.45) is 12.8. The zero-order valence-corrected chi connectivity index (χ0v) is 22.1. The molecule has 0 aromatic rings. The Kier molecular flexibility index (Phi) is 14.2. The number of rotatable bonds is 13. The number of amides is 1. The summed E-state index contributed by atoms with van der Waals surface area (Å²) in [7, 11) is 0. The van der Waals surface area contributed by atoms with Crippen LogP contribution in [0.5, 0.6) is 0 Å².